The summed E-state index contributed by atoms with van der Waals surface area (Å²) in [5, 5.41) is 3.33. The van der Waals surface area contributed by atoms with Crippen LogP contribution in [0.4, 0.5) is 0 Å². The summed E-state index contributed by atoms with van der Waals surface area (Å²) in [6, 6.07) is 0.466. The summed E-state index contributed by atoms with van der Waals surface area (Å²) in [7, 11) is 0. The van der Waals surface area contributed by atoms with Gasteiger partial charge >= 0.3 is 0 Å². The van der Waals surface area contributed by atoms with Crippen LogP contribution in [0.1, 0.15) is 26.7 Å². The summed E-state index contributed by atoms with van der Waals surface area (Å²) in [6.45, 7) is 7.65. The van der Waals surface area contributed by atoms with Crippen molar-refractivity contribution in [2.24, 2.45) is 5.92 Å². The van der Waals surface area contributed by atoms with Crippen molar-refractivity contribution in [3.63, 3.8) is 0 Å². The number of amides is 1. The molecule has 0 saturated carbocycles. The lowest BCUT2D eigenvalue weighted by Gasteiger charge is -2.49. The number of piperidine rings is 3. The first kappa shape index (κ1) is 10.5. The van der Waals surface area contributed by atoms with Gasteiger partial charge in [0.15, 0.2) is 0 Å². The van der Waals surface area contributed by atoms with E-state index in [-0.39, 0.29) is 12.2 Å². The lowest BCUT2D eigenvalue weighted by molar-refractivity contribution is -0.136. The third-order valence-electron chi connectivity index (χ3n) is 4.51. The highest BCUT2D eigenvalue weighted by atomic mass is 16.2. The van der Waals surface area contributed by atoms with Crippen LogP contribution in [0.2, 0.25) is 0 Å². The molecule has 3 unspecified atom stereocenters. The average Bonchev–Trinajstić information content (AvgIpc) is 2.54. The van der Waals surface area contributed by atoms with Gasteiger partial charge in [0, 0.05) is 12.6 Å². The number of nitrogens with one attached hydrogen (secondary N) is 1. The number of carbonyl (C=O) groups is 1. The van der Waals surface area contributed by atoms with E-state index in [1.165, 1.54) is 25.9 Å². The maximum atomic E-state index is 12.1. The summed E-state index contributed by atoms with van der Waals surface area (Å²) in [5.41, 5.74) is 0. The van der Waals surface area contributed by atoms with Gasteiger partial charge in [-0.3, -0.25) is 10.1 Å². The zero-order valence-electron chi connectivity index (χ0n) is 10.1. The topological polar surface area (TPSA) is 35.6 Å². The van der Waals surface area contributed by atoms with Crippen LogP contribution in [0.25, 0.3) is 0 Å². The van der Waals surface area contributed by atoms with E-state index >= 15 is 0 Å². The molecule has 4 rings (SSSR count). The molecule has 4 aliphatic heterocycles. The molecule has 4 heterocycles. The predicted molar refractivity (Wildman–Crippen MR) is 61.9 cm³/mol. The fourth-order valence-corrected chi connectivity index (χ4v) is 3.63. The maximum absolute atomic E-state index is 12.1. The number of rotatable bonds is 1. The van der Waals surface area contributed by atoms with Crippen molar-refractivity contribution < 1.29 is 4.79 Å². The minimum Gasteiger partial charge on any atom is -0.322 e. The minimum absolute atomic E-state index is 0.00505. The Hall–Kier alpha value is -0.610. The van der Waals surface area contributed by atoms with Gasteiger partial charge in [0.05, 0.1) is 12.2 Å². The van der Waals surface area contributed by atoms with Gasteiger partial charge in [-0.05, 0) is 45.7 Å². The second kappa shape index (κ2) is 3.70. The smallest absolute Gasteiger partial charge is 0.241 e. The highest BCUT2D eigenvalue weighted by Gasteiger charge is 2.45. The van der Waals surface area contributed by atoms with E-state index < -0.39 is 0 Å². The standard InChI is InChI=1S/C12H21N3O/c1-8-12(16)15(9(2)13-8)11-7-14-5-3-10(11)4-6-14/h8-11,13H,3-7H2,1-2H3. The Morgan fingerprint density at radius 3 is 2.38 bits per heavy atom. The van der Waals surface area contributed by atoms with Gasteiger partial charge in [-0.15, -0.1) is 0 Å². The Labute approximate surface area is 97.0 Å². The minimum atomic E-state index is 0.00505. The molecule has 4 aliphatic rings. The second-order valence-electron chi connectivity index (χ2n) is 5.52. The van der Waals surface area contributed by atoms with Crippen LogP contribution in [-0.4, -0.2) is 53.6 Å². The van der Waals surface area contributed by atoms with Crippen LogP contribution >= 0.6 is 0 Å². The molecule has 2 bridgehead atoms. The van der Waals surface area contributed by atoms with Gasteiger partial charge in [-0.25, -0.2) is 0 Å². The molecule has 4 heteroatoms. The van der Waals surface area contributed by atoms with Gasteiger partial charge in [0.25, 0.3) is 0 Å². The van der Waals surface area contributed by atoms with E-state index in [2.05, 4.69) is 22.0 Å². The van der Waals surface area contributed by atoms with E-state index in [0.717, 1.165) is 12.5 Å². The molecule has 0 aromatic heterocycles. The fraction of sp³-hybridized carbons (Fsp3) is 0.917. The molecular weight excluding hydrogens is 202 g/mol. The first-order valence-electron chi connectivity index (χ1n) is 6.47. The number of hydrogen-bond acceptors (Lipinski definition) is 3. The van der Waals surface area contributed by atoms with Crippen molar-refractivity contribution in [2.75, 3.05) is 19.6 Å². The highest BCUT2D eigenvalue weighted by molar-refractivity contribution is 5.84. The van der Waals surface area contributed by atoms with E-state index in [4.69, 9.17) is 0 Å². The van der Waals surface area contributed by atoms with Crippen molar-refractivity contribution in [3.05, 3.63) is 0 Å². The number of fused-ring (bicyclic) bond motifs is 3. The molecule has 1 N–H and O–H groups in total. The molecular formula is C12H21N3O. The third kappa shape index (κ3) is 1.47. The summed E-state index contributed by atoms with van der Waals surface area (Å²) >= 11 is 0. The van der Waals surface area contributed by atoms with Crippen molar-refractivity contribution in [3.8, 4) is 0 Å². The van der Waals surface area contributed by atoms with Gasteiger partial charge in [0.2, 0.25) is 5.91 Å². The monoisotopic (exact) mass is 223 g/mol. The lowest BCUT2D eigenvalue weighted by atomic mass is 9.83. The summed E-state index contributed by atoms with van der Waals surface area (Å²) in [5.74, 6) is 1.04. The van der Waals surface area contributed by atoms with E-state index in [9.17, 15) is 4.79 Å². The SMILES string of the molecule is CC1NC(C)N(C2CN3CCC2CC3)C1=O. The second-order valence-corrected chi connectivity index (χ2v) is 5.52. The van der Waals surface area contributed by atoms with Gasteiger partial charge in [-0.1, -0.05) is 0 Å². The fourth-order valence-electron chi connectivity index (χ4n) is 3.63. The summed E-state index contributed by atoms with van der Waals surface area (Å²) < 4.78 is 0. The van der Waals surface area contributed by atoms with Crippen molar-refractivity contribution in [2.45, 2.75) is 44.9 Å². The molecule has 4 nitrogen and oxygen atoms in total. The Kier molecular flexibility index (Phi) is 2.44. The van der Waals surface area contributed by atoms with Gasteiger partial charge in [-0.2, -0.15) is 0 Å². The van der Waals surface area contributed by atoms with Gasteiger partial charge in [0.1, 0.15) is 0 Å². The van der Waals surface area contributed by atoms with Crippen molar-refractivity contribution in [1.29, 1.82) is 0 Å². The van der Waals surface area contributed by atoms with Crippen LogP contribution in [0, 0.1) is 5.92 Å². The molecule has 16 heavy (non-hydrogen) atoms. The predicted octanol–water partition coefficient (Wildman–Crippen LogP) is 0.247. The molecule has 0 aromatic carbocycles. The molecule has 4 saturated heterocycles. The molecule has 0 radical (unpaired) electrons. The Morgan fingerprint density at radius 2 is 1.94 bits per heavy atom. The molecule has 0 aromatic rings. The first-order valence-corrected chi connectivity index (χ1v) is 6.47. The lowest BCUT2D eigenvalue weighted by Crippen LogP contribution is -2.59. The summed E-state index contributed by atoms with van der Waals surface area (Å²) in [6.07, 6.45) is 2.76. The normalized spacial score (nSPS) is 47.8. The quantitative estimate of drug-likeness (QED) is 0.692. The summed E-state index contributed by atoms with van der Waals surface area (Å²) in [4.78, 5) is 16.8. The zero-order valence-corrected chi connectivity index (χ0v) is 10.1. The van der Waals surface area contributed by atoms with Crippen LogP contribution in [-0.2, 0) is 4.79 Å². The Morgan fingerprint density at radius 1 is 1.25 bits per heavy atom. The number of nitrogens with zero attached hydrogens (tertiary/aromatic N) is 2. The third-order valence-corrected chi connectivity index (χ3v) is 4.51. The van der Waals surface area contributed by atoms with Crippen molar-refractivity contribution >= 4 is 5.91 Å². The molecule has 1 amide bonds. The zero-order chi connectivity index (χ0) is 11.3. The number of carbonyl (C=O) groups excluding carboxylic acids is 1. The van der Waals surface area contributed by atoms with E-state index in [1.54, 1.807) is 0 Å². The van der Waals surface area contributed by atoms with Crippen LogP contribution in [0.3, 0.4) is 0 Å². The first-order chi connectivity index (χ1) is 7.66. The molecule has 0 spiro atoms. The molecule has 4 fully saturated rings. The number of hydrogen-bond donors (Lipinski definition) is 1. The van der Waals surface area contributed by atoms with Gasteiger partial charge < -0.3 is 9.80 Å². The maximum Gasteiger partial charge on any atom is 0.241 e. The van der Waals surface area contributed by atoms with Crippen LogP contribution in [0.15, 0.2) is 0 Å². The molecule has 0 aliphatic carbocycles. The molecule has 90 valence electrons. The van der Waals surface area contributed by atoms with Crippen LogP contribution < -0.4 is 5.32 Å². The Balaban J connectivity index is 1.80. The highest BCUT2D eigenvalue weighted by Crippen LogP contribution is 2.33. The van der Waals surface area contributed by atoms with E-state index in [0.29, 0.717) is 11.9 Å². The largest absolute Gasteiger partial charge is 0.322 e. The van der Waals surface area contributed by atoms with E-state index in [1.807, 2.05) is 6.92 Å². The van der Waals surface area contributed by atoms with Crippen LogP contribution in [0.5, 0.6) is 0 Å². The Bertz CT molecular complexity index is 299. The molecule has 3 atom stereocenters. The van der Waals surface area contributed by atoms with Crippen molar-refractivity contribution in [1.82, 2.24) is 15.1 Å². The average molecular weight is 223 g/mol.